The van der Waals surface area contributed by atoms with Crippen LogP contribution in [0.15, 0.2) is 48.5 Å². The van der Waals surface area contributed by atoms with E-state index in [1.807, 2.05) is 30.3 Å². The summed E-state index contributed by atoms with van der Waals surface area (Å²) in [4.78, 5) is 11.2. The molecule has 0 spiro atoms. The Kier molecular flexibility index (Phi) is 7.97. The second-order valence-corrected chi connectivity index (χ2v) is 8.48. The Hall–Kier alpha value is -3.75. The van der Waals surface area contributed by atoms with Crippen LogP contribution in [-0.4, -0.2) is 46.6 Å². The van der Waals surface area contributed by atoms with Crippen molar-refractivity contribution in [3.8, 4) is 34.1 Å². The van der Waals surface area contributed by atoms with Gasteiger partial charge in [-0.15, -0.1) is 0 Å². The minimum Gasteiger partial charge on any atom is -0.496 e. The molecule has 0 amide bonds. The van der Waals surface area contributed by atoms with Crippen LogP contribution >= 0.6 is 0 Å². The van der Waals surface area contributed by atoms with Gasteiger partial charge >= 0.3 is 0 Å². The van der Waals surface area contributed by atoms with E-state index in [2.05, 4.69) is 13.0 Å². The summed E-state index contributed by atoms with van der Waals surface area (Å²) in [6, 6.07) is 15.2. The topological polar surface area (TPSA) is 98.5 Å². The fourth-order valence-corrected chi connectivity index (χ4v) is 4.20. The van der Waals surface area contributed by atoms with Crippen LogP contribution in [0.2, 0.25) is 0 Å². The average Bonchev–Trinajstić information content (AvgIpc) is 2.91. The summed E-state index contributed by atoms with van der Waals surface area (Å²) >= 11 is 0. The van der Waals surface area contributed by atoms with E-state index in [-0.39, 0.29) is 12.4 Å². The number of methoxy groups -OCH3 is 3. The molecule has 0 radical (unpaired) electrons. The maximum Gasteiger partial charge on any atom is 0.162 e. The molecule has 2 N–H and O–H groups in total. The highest BCUT2D eigenvalue weighted by atomic mass is 16.7. The van der Waals surface area contributed by atoms with Gasteiger partial charge in [0.1, 0.15) is 30.8 Å². The number of aldehydes is 1. The van der Waals surface area contributed by atoms with Crippen molar-refractivity contribution >= 4 is 12.0 Å². The van der Waals surface area contributed by atoms with E-state index >= 15 is 0 Å². The number of ether oxygens (including phenoxy) is 6. The molecule has 8 nitrogen and oxygen atoms in total. The van der Waals surface area contributed by atoms with Crippen LogP contribution in [-0.2, 0) is 16.1 Å². The smallest absolute Gasteiger partial charge is 0.162 e. The third-order valence-corrected chi connectivity index (χ3v) is 6.27. The molecule has 1 aliphatic rings. The number of carbonyl (C=O) groups is 1. The number of benzene rings is 3. The van der Waals surface area contributed by atoms with Gasteiger partial charge in [-0.3, -0.25) is 4.79 Å². The summed E-state index contributed by atoms with van der Waals surface area (Å²) in [6.45, 7) is 2.79. The molecule has 0 fully saturated rings. The molecular formula is C28H31NO7. The van der Waals surface area contributed by atoms with Gasteiger partial charge in [-0.1, -0.05) is 24.3 Å². The predicted molar refractivity (Wildman–Crippen MR) is 136 cm³/mol. The fraction of sp³-hybridized carbons (Fsp3) is 0.321. The second-order valence-electron chi connectivity index (χ2n) is 8.48. The minimum absolute atomic E-state index is 0.175. The van der Waals surface area contributed by atoms with Crippen molar-refractivity contribution in [3.05, 3.63) is 65.2 Å². The Bertz CT molecular complexity index is 1220. The van der Waals surface area contributed by atoms with E-state index < -0.39 is 0 Å². The van der Waals surface area contributed by atoms with Crippen molar-refractivity contribution in [1.29, 1.82) is 0 Å². The first-order valence-corrected chi connectivity index (χ1v) is 11.6. The maximum atomic E-state index is 11.2. The van der Waals surface area contributed by atoms with Crippen LogP contribution < -0.4 is 24.7 Å². The molecule has 0 aliphatic carbocycles. The predicted octanol–water partition coefficient (Wildman–Crippen LogP) is 4.79. The highest BCUT2D eigenvalue weighted by Gasteiger charge is 2.25. The van der Waals surface area contributed by atoms with Gasteiger partial charge < -0.3 is 34.2 Å². The van der Waals surface area contributed by atoms with E-state index in [1.165, 1.54) is 7.11 Å². The molecule has 36 heavy (non-hydrogen) atoms. The van der Waals surface area contributed by atoms with E-state index in [0.29, 0.717) is 60.2 Å². The number of hydrogen-bond acceptors (Lipinski definition) is 8. The Morgan fingerprint density at radius 2 is 1.86 bits per heavy atom. The molecule has 1 heterocycles. The average molecular weight is 494 g/mol. The van der Waals surface area contributed by atoms with Gasteiger partial charge in [0.05, 0.1) is 18.4 Å². The van der Waals surface area contributed by atoms with Gasteiger partial charge in [-0.2, -0.15) is 0 Å². The number of anilines is 1. The molecule has 1 aliphatic heterocycles. The molecule has 8 heteroatoms. The molecule has 1 atom stereocenters. The lowest BCUT2D eigenvalue weighted by molar-refractivity contribution is -0.124. The van der Waals surface area contributed by atoms with Gasteiger partial charge in [0.2, 0.25) is 0 Å². The van der Waals surface area contributed by atoms with Crippen LogP contribution in [0.25, 0.3) is 11.1 Å². The molecule has 3 aromatic carbocycles. The lowest BCUT2D eigenvalue weighted by Crippen LogP contribution is -2.33. The van der Waals surface area contributed by atoms with E-state index in [4.69, 9.17) is 34.2 Å². The van der Waals surface area contributed by atoms with Crippen molar-refractivity contribution in [2.45, 2.75) is 32.3 Å². The summed E-state index contributed by atoms with van der Waals surface area (Å²) < 4.78 is 34.0. The quantitative estimate of drug-likeness (QED) is 0.245. The van der Waals surface area contributed by atoms with Gasteiger partial charge in [0.15, 0.2) is 24.1 Å². The number of nitrogen functional groups attached to an aromatic ring is 1. The Morgan fingerprint density at radius 3 is 2.58 bits per heavy atom. The normalized spacial score (nSPS) is 14.5. The summed E-state index contributed by atoms with van der Waals surface area (Å²) in [7, 11) is 4.71. The zero-order valence-electron chi connectivity index (χ0n) is 20.9. The lowest BCUT2D eigenvalue weighted by atomic mass is 9.96. The van der Waals surface area contributed by atoms with Crippen LogP contribution in [0.5, 0.6) is 23.0 Å². The van der Waals surface area contributed by atoms with Crippen molar-refractivity contribution in [3.63, 3.8) is 0 Å². The van der Waals surface area contributed by atoms with Crippen LogP contribution in [0.1, 0.15) is 27.9 Å². The molecule has 0 saturated heterocycles. The Labute approximate surface area is 210 Å². The highest BCUT2D eigenvalue weighted by molar-refractivity contribution is 5.83. The first kappa shape index (κ1) is 25.3. The lowest BCUT2D eigenvalue weighted by Gasteiger charge is -2.29. The number of hydrogen-bond donors (Lipinski definition) is 1. The molecule has 3 aromatic rings. The summed E-state index contributed by atoms with van der Waals surface area (Å²) in [5.74, 6) is 2.27. The molecule has 190 valence electrons. The minimum atomic E-state index is -0.356. The highest BCUT2D eigenvalue weighted by Crippen LogP contribution is 2.38. The standard InChI is InChI=1S/C28H31NO7/c1-17-19(15-34-26-13-25(31-2)20(14-30)10-23(26)29)6-5-7-22(17)18-8-9-24-27(11-18)36-21(16-35-24)12-28(32-3)33-4/h5-11,13-14,21,28H,12,15-16,29H2,1-4H3. The van der Waals surface area contributed by atoms with Crippen molar-refractivity contribution < 1.29 is 33.2 Å². The summed E-state index contributed by atoms with van der Waals surface area (Å²) in [6.07, 6.45) is 0.734. The van der Waals surface area contributed by atoms with Crippen LogP contribution in [0, 0.1) is 6.92 Å². The fourth-order valence-electron chi connectivity index (χ4n) is 4.20. The van der Waals surface area contributed by atoms with Crippen molar-refractivity contribution in [1.82, 2.24) is 0 Å². The van der Waals surface area contributed by atoms with Gasteiger partial charge in [-0.25, -0.2) is 0 Å². The maximum absolute atomic E-state index is 11.2. The van der Waals surface area contributed by atoms with Gasteiger partial charge in [-0.05, 0) is 47.4 Å². The second kappa shape index (κ2) is 11.3. The van der Waals surface area contributed by atoms with E-state index in [9.17, 15) is 4.79 Å². The molecule has 0 saturated carbocycles. The molecule has 0 bridgehead atoms. The monoisotopic (exact) mass is 493 g/mol. The zero-order chi connectivity index (χ0) is 25.7. The van der Waals surface area contributed by atoms with Gasteiger partial charge in [0, 0.05) is 26.7 Å². The van der Waals surface area contributed by atoms with E-state index in [1.54, 1.807) is 26.4 Å². The van der Waals surface area contributed by atoms with Crippen LogP contribution in [0.4, 0.5) is 5.69 Å². The molecule has 1 unspecified atom stereocenters. The third-order valence-electron chi connectivity index (χ3n) is 6.27. The molecular weight excluding hydrogens is 462 g/mol. The number of fused-ring (bicyclic) bond motifs is 1. The Morgan fingerprint density at radius 1 is 1.06 bits per heavy atom. The van der Waals surface area contributed by atoms with Crippen molar-refractivity contribution in [2.24, 2.45) is 0 Å². The summed E-state index contributed by atoms with van der Waals surface area (Å²) in [5.41, 5.74) is 11.0. The largest absolute Gasteiger partial charge is 0.496 e. The Balaban J connectivity index is 1.54. The first-order chi connectivity index (χ1) is 17.5. The zero-order valence-corrected chi connectivity index (χ0v) is 20.9. The van der Waals surface area contributed by atoms with Crippen molar-refractivity contribution in [2.75, 3.05) is 33.7 Å². The number of rotatable bonds is 10. The van der Waals surface area contributed by atoms with Crippen LogP contribution in [0.3, 0.4) is 0 Å². The number of carbonyl (C=O) groups excluding carboxylic acids is 1. The third kappa shape index (κ3) is 5.40. The molecule has 4 rings (SSSR count). The summed E-state index contributed by atoms with van der Waals surface area (Å²) in [5, 5.41) is 0. The van der Waals surface area contributed by atoms with E-state index in [0.717, 1.165) is 22.3 Å². The SMILES string of the molecule is COc1cc(OCc2cccc(-c3ccc4c(c3)OC(CC(OC)OC)CO4)c2C)c(N)cc1C=O. The first-order valence-electron chi connectivity index (χ1n) is 11.6. The van der Waals surface area contributed by atoms with Gasteiger partial charge in [0.25, 0.3) is 0 Å². The molecule has 0 aromatic heterocycles. The number of nitrogens with two attached hydrogens (primary N) is 1.